The van der Waals surface area contributed by atoms with E-state index in [9.17, 15) is 0 Å². The molecule has 0 N–H and O–H groups in total. The fourth-order valence-corrected chi connectivity index (χ4v) is 1.46. The van der Waals surface area contributed by atoms with Gasteiger partial charge in [0.15, 0.2) is 0 Å². The van der Waals surface area contributed by atoms with Crippen molar-refractivity contribution in [1.82, 2.24) is 0 Å². The van der Waals surface area contributed by atoms with Gasteiger partial charge in [-0.15, -0.1) is 0 Å². The molecule has 0 aliphatic carbocycles. The van der Waals surface area contributed by atoms with Gasteiger partial charge in [0.25, 0.3) is 0 Å². The van der Waals surface area contributed by atoms with Gasteiger partial charge < -0.3 is 0 Å². The molecule has 1 nitrogen and oxygen atoms in total. The second-order valence-electron chi connectivity index (χ2n) is 3.20. The average molecular weight is 139 g/mol. The smallest absolute Gasteiger partial charge is 0.0502 e. The molecule has 0 bridgehead atoms. The number of unbranched alkanes of at least 4 members (excludes halogenated alkanes) is 1. The van der Waals surface area contributed by atoms with Crippen LogP contribution in [0.3, 0.4) is 0 Å². The Hall–Kier alpha value is -0.330. The highest BCUT2D eigenvalue weighted by atomic mass is 14.8. The van der Waals surface area contributed by atoms with Gasteiger partial charge >= 0.3 is 0 Å². The Morgan fingerprint density at radius 3 is 2.90 bits per heavy atom. The Bertz CT molecular complexity index is 127. The molecule has 0 spiro atoms. The molecule has 1 rings (SSSR count). The maximum absolute atomic E-state index is 4.54. The summed E-state index contributed by atoms with van der Waals surface area (Å²) >= 11 is 0. The van der Waals surface area contributed by atoms with E-state index in [1.165, 1.54) is 37.8 Å². The Morgan fingerprint density at radius 2 is 2.40 bits per heavy atom. The minimum absolute atomic E-state index is 0.681. The van der Waals surface area contributed by atoms with Gasteiger partial charge in [-0.05, 0) is 26.2 Å². The Balaban J connectivity index is 2.18. The van der Waals surface area contributed by atoms with Crippen molar-refractivity contribution in [2.24, 2.45) is 4.99 Å². The zero-order valence-electron chi connectivity index (χ0n) is 7.06. The number of hydrogen-bond donors (Lipinski definition) is 0. The summed E-state index contributed by atoms with van der Waals surface area (Å²) in [6.07, 6.45) is 6.53. The van der Waals surface area contributed by atoms with Crippen LogP contribution in [0.5, 0.6) is 0 Å². The molecular weight excluding hydrogens is 122 g/mol. The predicted octanol–water partition coefficient (Wildman–Crippen LogP) is 2.80. The molecule has 1 heteroatoms. The second-order valence-corrected chi connectivity index (χ2v) is 3.20. The number of rotatable bonds is 3. The van der Waals surface area contributed by atoms with E-state index < -0.39 is 0 Å². The van der Waals surface area contributed by atoms with E-state index in [0.29, 0.717) is 6.04 Å². The number of hydrogen-bond acceptors (Lipinski definition) is 1. The van der Waals surface area contributed by atoms with Gasteiger partial charge in [-0.1, -0.05) is 19.8 Å². The first-order valence-electron chi connectivity index (χ1n) is 4.36. The van der Waals surface area contributed by atoms with Gasteiger partial charge in [-0.25, -0.2) is 0 Å². The van der Waals surface area contributed by atoms with E-state index in [2.05, 4.69) is 18.8 Å². The molecule has 0 amide bonds. The van der Waals surface area contributed by atoms with E-state index in [1.807, 2.05) is 0 Å². The first-order valence-corrected chi connectivity index (χ1v) is 4.36. The molecule has 1 aliphatic heterocycles. The second kappa shape index (κ2) is 3.75. The molecular formula is C9H17N. The lowest BCUT2D eigenvalue weighted by Crippen LogP contribution is -1.97. The van der Waals surface area contributed by atoms with Crippen LogP contribution < -0.4 is 0 Å². The third kappa shape index (κ3) is 2.13. The van der Waals surface area contributed by atoms with Gasteiger partial charge in [0.1, 0.15) is 0 Å². The highest BCUT2D eigenvalue weighted by Crippen LogP contribution is 2.17. The van der Waals surface area contributed by atoms with E-state index >= 15 is 0 Å². The predicted molar refractivity (Wildman–Crippen MR) is 45.7 cm³/mol. The molecule has 0 aromatic carbocycles. The maximum atomic E-state index is 4.54. The lowest BCUT2D eigenvalue weighted by Gasteiger charge is -2.02. The molecule has 1 aliphatic rings. The zero-order valence-corrected chi connectivity index (χ0v) is 7.06. The summed E-state index contributed by atoms with van der Waals surface area (Å²) in [5, 5.41) is 0. The SMILES string of the molecule is CCCCC1CCC(C)=N1. The first-order chi connectivity index (χ1) is 4.83. The van der Waals surface area contributed by atoms with Crippen molar-refractivity contribution >= 4 is 5.71 Å². The summed E-state index contributed by atoms with van der Waals surface area (Å²) in [5.41, 5.74) is 1.36. The summed E-state index contributed by atoms with van der Waals surface area (Å²) in [6, 6.07) is 0.681. The quantitative estimate of drug-likeness (QED) is 0.570. The van der Waals surface area contributed by atoms with Crippen molar-refractivity contribution in [3.8, 4) is 0 Å². The monoisotopic (exact) mass is 139 g/mol. The van der Waals surface area contributed by atoms with Gasteiger partial charge in [-0.3, -0.25) is 4.99 Å². The van der Waals surface area contributed by atoms with Crippen LogP contribution in [0, 0.1) is 0 Å². The molecule has 0 saturated heterocycles. The molecule has 1 unspecified atom stereocenters. The molecule has 0 saturated carbocycles. The Kier molecular flexibility index (Phi) is 2.91. The highest BCUT2D eigenvalue weighted by Gasteiger charge is 2.12. The summed E-state index contributed by atoms with van der Waals surface area (Å²) in [6.45, 7) is 4.39. The van der Waals surface area contributed by atoms with Crippen LogP contribution in [0.25, 0.3) is 0 Å². The van der Waals surface area contributed by atoms with Crippen LogP contribution in [0.4, 0.5) is 0 Å². The molecule has 0 aromatic heterocycles. The molecule has 58 valence electrons. The molecule has 1 heterocycles. The lowest BCUT2D eigenvalue weighted by molar-refractivity contribution is 0.577. The third-order valence-corrected chi connectivity index (χ3v) is 2.13. The van der Waals surface area contributed by atoms with Crippen LogP contribution >= 0.6 is 0 Å². The van der Waals surface area contributed by atoms with Crippen molar-refractivity contribution in [3.63, 3.8) is 0 Å². The summed E-state index contributed by atoms with van der Waals surface area (Å²) in [7, 11) is 0. The first kappa shape index (κ1) is 7.77. The van der Waals surface area contributed by atoms with Gasteiger partial charge in [0, 0.05) is 5.71 Å². The van der Waals surface area contributed by atoms with Crippen molar-refractivity contribution < 1.29 is 0 Å². The van der Waals surface area contributed by atoms with Gasteiger partial charge in [0.2, 0.25) is 0 Å². The molecule has 10 heavy (non-hydrogen) atoms. The van der Waals surface area contributed by atoms with Crippen LogP contribution in [0.2, 0.25) is 0 Å². The van der Waals surface area contributed by atoms with E-state index in [1.54, 1.807) is 0 Å². The van der Waals surface area contributed by atoms with Crippen molar-refractivity contribution in [1.29, 1.82) is 0 Å². The molecule has 0 aromatic rings. The Morgan fingerprint density at radius 1 is 1.60 bits per heavy atom. The van der Waals surface area contributed by atoms with Crippen molar-refractivity contribution in [3.05, 3.63) is 0 Å². The van der Waals surface area contributed by atoms with E-state index in [0.717, 1.165) is 0 Å². The summed E-state index contributed by atoms with van der Waals surface area (Å²) in [4.78, 5) is 4.54. The third-order valence-electron chi connectivity index (χ3n) is 2.13. The molecule has 1 atom stereocenters. The average Bonchev–Trinajstić information content (AvgIpc) is 2.31. The van der Waals surface area contributed by atoms with Crippen molar-refractivity contribution in [2.75, 3.05) is 0 Å². The summed E-state index contributed by atoms with van der Waals surface area (Å²) < 4.78 is 0. The fraction of sp³-hybridized carbons (Fsp3) is 0.889. The van der Waals surface area contributed by atoms with E-state index in [-0.39, 0.29) is 0 Å². The zero-order chi connectivity index (χ0) is 7.40. The molecule has 0 radical (unpaired) electrons. The topological polar surface area (TPSA) is 12.4 Å². The highest BCUT2D eigenvalue weighted by molar-refractivity contribution is 5.83. The number of nitrogens with zero attached hydrogens (tertiary/aromatic N) is 1. The maximum Gasteiger partial charge on any atom is 0.0502 e. The number of aliphatic imine (C=N–C) groups is 1. The van der Waals surface area contributed by atoms with Crippen LogP contribution in [-0.2, 0) is 0 Å². The van der Waals surface area contributed by atoms with Gasteiger partial charge in [0.05, 0.1) is 6.04 Å². The normalized spacial score (nSPS) is 25.0. The van der Waals surface area contributed by atoms with Crippen LogP contribution in [0.1, 0.15) is 46.0 Å². The standard InChI is InChI=1S/C9H17N/c1-3-4-5-9-7-6-8(2)10-9/h9H,3-7H2,1-2H3. The Labute approximate surface area is 63.5 Å². The minimum Gasteiger partial charge on any atom is -0.291 e. The summed E-state index contributed by atoms with van der Waals surface area (Å²) in [5.74, 6) is 0. The minimum atomic E-state index is 0.681. The van der Waals surface area contributed by atoms with E-state index in [4.69, 9.17) is 0 Å². The lowest BCUT2D eigenvalue weighted by atomic mass is 10.1. The van der Waals surface area contributed by atoms with Crippen LogP contribution in [-0.4, -0.2) is 11.8 Å². The van der Waals surface area contributed by atoms with Gasteiger partial charge in [-0.2, -0.15) is 0 Å². The largest absolute Gasteiger partial charge is 0.291 e. The fourth-order valence-electron chi connectivity index (χ4n) is 1.46. The van der Waals surface area contributed by atoms with Crippen LogP contribution in [0.15, 0.2) is 4.99 Å². The van der Waals surface area contributed by atoms with Crippen molar-refractivity contribution in [2.45, 2.75) is 52.0 Å². The molecule has 0 fully saturated rings.